The molecule has 1 aliphatic rings. The highest BCUT2D eigenvalue weighted by Crippen LogP contribution is 2.51. The van der Waals surface area contributed by atoms with Crippen molar-refractivity contribution in [2.45, 2.75) is 0 Å². The summed E-state index contributed by atoms with van der Waals surface area (Å²) in [5.74, 6) is 0. The summed E-state index contributed by atoms with van der Waals surface area (Å²) in [7, 11) is 0. The first-order valence-electron chi connectivity index (χ1n) is 7.64. The Hall–Kier alpha value is -2.86. The molecule has 0 heterocycles. The number of rotatable bonds is 0. The minimum absolute atomic E-state index is 1.22. The van der Waals surface area contributed by atoms with E-state index in [2.05, 4.69) is 72.8 Å². The number of hydrogen-bond acceptors (Lipinski definition) is 0. The van der Waals surface area contributed by atoms with Crippen molar-refractivity contribution in [3.63, 3.8) is 0 Å². The monoisotopic (exact) mass is 275 g/mol. The lowest BCUT2D eigenvalue weighted by atomic mass is 9.91. The van der Waals surface area contributed by atoms with E-state index in [0.717, 1.165) is 0 Å². The van der Waals surface area contributed by atoms with Gasteiger partial charge in [-0.1, -0.05) is 54.6 Å². The zero-order valence-corrected chi connectivity index (χ0v) is 11.9. The van der Waals surface area contributed by atoms with Gasteiger partial charge in [0.2, 0.25) is 0 Å². The molecule has 99 valence electrons. The summed E-state index contributed by atoms with van der Waals surface area (Å²) in [6, 6.07) is 27.7. The first-order chi connectivity index (χ1) is 10.9. The summed E-state index contributed by atoms with van der Waals surface area (Å²) in [5, 5.41) is 7.98. The van der Waals surface area contributed by atoms with Crippen molar-refractivity contribution >= 4 is 32.3 Å². The van der Waals surface area contributed by atoms with Crippen LogP contribution in [-0.4, -0.2) is 0 Å². The second-order valence-electron chi connectivity index (χ2n) is 6.11. The van der Waals surface area contributed by atoms with Gasteiger partial charge in [-0.05, 0) is 72.8 Å². The van der Waals surface area contributed by atoms with Crippen LogP contribution in [0.3, 0.4) is 0 Å². The highest BCUT2D eigenvalue weighted by molar-refractivity contribution is 6.31. The van der Waals surface area contributed by atoms with E-state index in [1.54, 1.807) is 0 Å². The Kier molecular flexibility index (Phi) is 1.71. The number of hydrogen-bond donors (Lipinski definition) is 0. The molecule has 6 rings (SSSR count). The molecule has 0 aliphatic heterocycles. The zero-order valence-electron chi connectivity index (χ0n) is 11.9. The predicted molar refractivity (Wildman–Crippen MR) is 93.4 cm³/mol. The van der Waals surface area contributed by atoms with Gasteiger partial charge >= 0.3 is 0 Å². The third-order valence-electron chi connectivity index (χ3n) is 5.04. The van der Waals surface area contributed by atoms with Gasteiger partial charge in [0, 0.05) is 0 Å². The molecule has 0 spiro atoms. The quantitative estimate of drug-likeness (QED) is 0.297. The maximum Gasteiger partial charge on any atom is -0.000806 e. The Bertz CT molecular complexity index is 1210. The molecule has 0 heteroatoms. The maximum atomic E-state index is 3.47. The van der Waals surface area contributed by atoms with Crippen LogP contribution in [0, 0.1) is 6.07 Å². The first kappa shape index (κ1) is 10.8. The van der Waals surface area contributed by atoms with Crippen molar-refractivity contribution in [2.24, 2.45) is 0 Å². The number of benzene rings is 5. The van der Waals surface area contributed by atoms with Gasteiger partial charge in [-0.3, -0.25) is 0 Å². The molecule has 0 N–H and O–H groups in total. The van der Waals surface area contributed by atoms with Crippen LogP contribution in [0.25, 0.3) is 54.6 Å². The SMILES string of the molecule is [c]1cc2cccc3cc4c5c(ccc1c5c23)-c1ccccc1-4. The van der Waals surface area contributed by atoms with Gasteiger partial charge in [-0.15, -0.1) is 0 Å². The summed E-state index contributed by atoms with van der Waals surface area (Å²) in [4.78, 5) is 0. The van der Waals surface area contributed by atoms with E-state index in [-0.39, 0.29) is 0 Å². The summed E-state index contributed by atoms with van der Waals surface area (Å²) in [6.07, 6.45) is 0. The van der Waals surface area contributed by atoms with Crippen molar-refractivity contribution in [1.82, 2.24) is 0 Å². The van der Waals surface area contributed by atoms with Crippen LogP contribution in [0.5, 0.6) is 0 Å². The molecule has 0 saturated heterocycles. The molecule has 0 fully saturated rings. The molecule has 22 heavy (non-hydrogen) atoms. The second kappa shape index (κ2) is 3.48. The third-order valence-corrected chi connectivity index (χ3v) is 5.04. The topological polar surface area (TPSA) is 0 Å². The van der Waals surface area contributed by atoms with E-state index in [0.29, 0.717) is 0 Å². The molecular formula is C22H11. The van der Waals surface area contributed by atoms with Crippen LogP contribution < -0.4 is 0 Å². The lowest BCUT2D eigenvalue weighted by molar-refractivity contribution is 1.70. The minimum atomic E-state index is 1.22. The van der Waals surface area contributed by atoms with Gasteiger partial charge in [0.25, 0.3) is 0 Å². The second-order valence-corrected chi connectivity index (χ2v) is 6.11. The van der Waals surface area contributed by atoms with Crippen molar-refractivity contribution < 1.29 is 0 Å². The molecule has 0 atom stereocenters. The van der Waals surface area contributed by atoms with Gasteiger partial charge in [0.15, 0.2) is 0 Å². The highest BCUT2D eigenvalue weighted by Gasteiger charge is 2.23. The van der Waals surface area contributed by atoms with Gasteiger partial charge in [0.1, 0.15) is 0 Å². The van der Waals surface area contributed by atoms with Gasteiger partial charge in [0.05, 0.1) is 0 Å². The first-order valence-corrected chi connectivity index (χ1v) is 7.64. The molecule has 0 saturated carbocycles. The van der Waals surface area contributed by atoms with Crippen LogP contribution in [0.4, 0.5) is 0 Å². The smallest absolute Gasteiger partial charge is 0.000806 e. The van der Waals surface area contributed by atoms with Crippen molar-refractivity contribution in [2.75, 3.05) is 0 Å². The molecule has 0 nitrogen and oxygen atoms in total. The molecular weight excluding hydrogens is 264 g/mol. The van der Waals surface area contributed by atoms with E-state index in [1.165, 1.54) is 54.6 Å². The Balaban J connectivity index is 2.03. The van der Waals surface area contributed by atoms with Gasteiger partial charge in [-0.25, -0.2) is 0 Å². The van der Waals surface area contributed by atoms with Crippen molar-refractivity contribution in [1.29, 1.82) is 0 Å². The van der Waals surface area contributed by atoms with E-state index < -0.39 is 0 Å². The predicted octanol–water partition coefficient (Wildman–Crippen LogP) is 6.03. The summed E-state index contributed by atoms with van der Waals surface area (Å²) < 4.78 is 0. The lowest BCUT2D eigenvalue weighted by Crippen LogP contribution is -1.85. The molecule has 1 radical (unpaired) electrons. The normalized spacial score (nSPS) is 12.5. The number of fused-ring (bicyclic) bond motifs is 3. The van der Waals surface area contributed by atoms with Crippen LogP contribution in [0.2, 0.25) is 0 Å². The standard InChI is InChI=1S/C22H11/c1-2-7-17-16(6-1)18-11-10-14-9-8-13-4-3-5-15-12-19(17)22(18)21(14)20(13)15/h1-8,10-12H. The van der Waals surface area contributed by atoms with E-state index in [4.69, 9.17) is 0 Å². The fourth-order valence-electron chi connectivity index (χ4n) is 4.15. The summed E-state index contributed by atoms with van der Waals surface area (Å²) in [6.45, 7) is 0. The Morgan fingerprint density at radius 1 is 0.545 bits per heavy atom. The van der Waals surface area contributed by atoms with Crippen LogP contribution in [-0.2, 0) is 0 Å². The van der Waals surface area contributed by atoms with Crippen LogP contribution in [0.1, 0.15) is 0 Å². The van der Waals surface area contributed by atoms with Crippen molar-refractivity contribution in [3.05, 3.63) is 72.8 Å². The average Bonchev–Trinajstić information content (AvgIpc) is 2.90. The van der Waals surface area contributed by atoms with E-state index >= 15 is 0 Å². The Morgan fingerprint density at radius 2 is 1.36 bits per heavy atom. The molecule has 0 bridgehead atoms. The molecule has 0 aromatic heterocycles. The molecule has 5 aromatic rings. The van der Waals surface area contributed by atoms with E-state index in [9.17, 15) is 0 Å². The Morgan fingerprint density at radius 3 is 2.27 bits per heavy atom. The van der Waals surface area contributed by atoms with Gasteiger partial charge < -0.3 is 0 Å². The maximum absolute atomic E-state index is 3.47. The van der Waals surface area contributed by atoms with Crippen LogP contribution in [0.15, 0.2) is 66.7 Å². The largest absolute Gasteiger partial charge is 0.0616 e. The van der Waals surface area contributed by atoms with Gasteiger partial charge in [-0.2, -0.15) is 0 Å². The molecule has 0 amide bonds. The highest BCUT2D eigenvalue weighted by atomic mass is 14.3. The zero-order chi connectivity index (χ0) is 14.3. The summed E-state index contributed by atoms with van der Waals surface area (Å²) in [5.41, 5.74) is 5.45. The fourth-order valence-corrected chi connectivity index (χ4v) is 4.15. The Labute approximate surface area is 128 Å². The van der Waals surface area contributed by atoms with Crippen LogP contribution >= 0.6 is 0 Å². The minimum Gasteiger partial charge on any atom is -0.0616 e. The lowest BCUT2D eigenvalue weighted by Gasteiger charge is -2.12. The molecule has 5 aromatic carbocycles. The molecule has 0 unspecified atom stereocenters. The van der Waals surface area contributed by atoms with E-state index in [1.807, 2.05) is 0 Å². The summed E-state index contributed by atoms with van der Waals surface area (Å²) >= 11 is 0. The van der Waals surface area contributed by atoms with Crippen molar-refractivity contribution in [3.8, 4) is 22.3 Å². The average molecular weight is 275 g/mol. The fraction of sp³-hybridized carbons (Fsp3) is 0. The third kappa shape index (κ3) is 1.09. The molecule has 1 aliphatic carbocycles.